The summed E-state index contributed by atoms with van der Waals surface area (Å²) >= 11 is 1.78. The van der Waals surface area contributed by atoms with Gasteiger partial charge in [-0.3, -0.25) is 4.79 Å². The second-order valence-electron chi connectivity index (χ2n) is 3.41. The second-order valence-corrected chi connectivity index (χ2v) is 4.53. The van der Waals surface area contributed by atoms with Crippen LogP contribution in [0.3, 0.4) is 0 Å². The van der Waals surface area contributed by atoms with Gasteiger partial charge in [-0.15, -0.1) is 11.3 Å². The third-order valence-corrected chi connectivity index (χ3v) is 3.45. The fourth-order valence-electron chi connectivity index (χ4n) is 1.90. The molecule has 1 heterocycles. The van der Waals surface area contributed by atoms with Gasteiger partial charge in [0.15, 0.2) is 0 Å². The molecule has 64 valence electrons. The van der Waals surface area contributed by atoms with Crippen molar-refractivity contribution in [2.45, 2.75) is 32.1 Å². The number of ketones is 1. The first-order chi connectivity index (χ1) is 5.77. The summed E-state index contributed by atoms with van der Waals surface area (Å²) in [5.74, 6) is 0.967. The molecule has 1 atom stereocenters. The average molecular weight is 180 g/mol. The number of hydrogen-bond donors (Lipinski definition) is 0. The highest BCUT2D eigenvalue weighted by molar-refractivity contribution is 7.10. The van der Waals surface area contributed by atoms with Crippen LogP contribution in [0.5, 0.6) is 0 Å². The number of rotatable bonds is 1. The average Bonchev–Trinajstić information content (AvgIpc) is 2.58. The van der Waals surface area contributed by atoms with E-state index in [9.17, 15) is 4.79 Å². The van der Waals surface area contributed by atoms with E-state index in [0.717, 1.165) is 19.3 Å². The molecule has 0 aliphatic heterocycles. The van der Waals surface area contributed by atoms with Crippen molar-refractivity contribution in [3.8, 4) is 0 Å². The number of carbonyl (C=O) groups is 1. The maximum absolute atomic E-state index is 11.1. The Hall–Kier alpha value is -0.630. The quantitative estimate of drug-likeness (QED) is 0.649. The molecule has 0 saturated heterocycles. The molecule has 2 rings (SSSR count). The van der Waals surface area contributed by atoms with Gasteiger partial charge in [-0.25, -0.2) is 0 Å². The second kappa shape index (κ2) is 3.02. The van der Waals surface area contributed by atoms with Crippen LogP contribution in [0, 0.1) is 6.92 Å². The minimum Gasteiger partial charge on any atom is -0.300 e. The number of hydrogen-bond acceptors (Lipinski definition) is 2. The standard InChI is InChI=1S/C10H12OS/c1-7-10(4-5-12-7)8-2-3-9(11)6-8/h4-5,8H,2-3,6H2,1H3. The Labute approximate surface area is 76.4 Å². The van der Waals surface area contributed by atoms with Crippen LogP contribution < -0.4 is 0 Å². The van der Waals surface area contributed by atoms with Crippen molar-refractivity contribution in [2.24, 2.45) is 0 Å². The lowest BCUT2D eigenvalue weighted by molar-refractivity contribution is -0.117. The van der Waals surface area contributed by atoms with E-state index in [1.54, 1.807) is 11.3 Å². The lowest BCUT2D eigenvalue weighted by Crippen LogP contribution is -1.93. The molecule has 12 heavy (non-hydrogen) atoms. The van der Waals surface area contributed by atoms with E-state index in [2.05, 4.69) is 18.4 Å². The first kappa shape index (κ1) is 7.99. The van der Waals surface area contributed by atoms with Crippen LogP contribution in [0.25, 0.3) is 0 Å². The number of aryl methyl sites for hydroxylation is 1. The Bertz CT molecular complexity index is 301. The van der Waals surface area contributed by atoms with Crippen LogP contribution in [-0.4, -0.2) is 5.78 Å². The Morgan fingerprint density at radius 1 is 1.58 bits per heavy atom. The summed E-state index contributed by atoms with van der Waals surface area (Å²) in [6.07, 6.45) is 2.63. The van der Waals surface area contributed by atoms with E-state index >= 15 is 0 Å². The predicted octanol–water partition coefficient (Wildman–Crippen LogP) is 2.89. The molecule has 0 N–H and O–H groups in total. The summed E-state index contributed by atoms with van der Waals surface area (Å²) in [7, 11) is 0. The van der Waals surface area contributed by atoms with Crippen LogP contribution >= 0.6 is 11.3 Å². The molecule has 1 unspecified atom stereocenters. The SMILES string of the molecule is Cc1sccc1C1CCC(=O)C1. The van der Waals surface area contributed by atoms with Gasteiger partial charge in [-0.1, -0.05) is 0 Å². The van der Waals surface area contributed by atoms with Gasteiger partial charge >= 0.3 is 0 Å². The maximum Gasteiger partial charge on any atom is 0.133 e. The number of carbonyl (C=O) groups excluding carboxylic acids is 1. The van der Waals surface area contributed by atoms with Gasteiger partial charge in [-0.2, -0.15) is 0 Å². The maximum atomic E-state index is 11.1. The Morgan fingerprint density at radius 3 is 2.92 bits per heavy atom. The van der Waals surface area contributed by atoms with E-state index in [-0.39, 0.29) is 0 Å². The molecule has 0 spiro atoms. The van der Waals surface area contributed by atoms with E-state index in [4.69, 9.17) is 0 Å². The molecule has 1 aromatic rings. The molecule has 1 aliphatic carbocycles. The van der Waals surface area contributed by atoms with Crippen molar-refractivity contribution in [3.05, 3.63) is 21.9 Å². The largest absolute Gasteiger partial charge is 0.300 e. The highest BCUT2D eigenvalue weighted by atomic mass is 32.1. The van der Waals surface area contributed by atoms with Gasteiger partial charge < -0.3 is 0 Å². The zero-order valence-corrected chi connectivity index (χ0v) is 7.99. The molecule has 1 aliphatic rings. The molecule has 0 amide bonds. The van der Waals surface area contributed by atoms with Gasteiger partial charge in [0, 0.05) is 17.7 Å². The molecule has 0 aromatic carbocycles. The van der Waals surface area contributed by atoms with E-state index < -0.39 is 0 Å². The Kier molecular flexibility index (Phi) is 2.01. The molecule has 1 saturated carbocycles. The highest BCUT2D eigenvalue weighted by Crippen LogP contribution is 2.35. The summed E-state index contributed by atoms with van der Waals surface area (Å²) in [5.41, 5.74) is 1.41. The summed E-state index contributed by atoms with van der Waals surface area (Å²) in [5, 5.41) is 2.12. The van der Waals surface area contributed by atoms with Crippen LogP contribution in [0.2, 0.25) is 0 Å². The van der Waals surface area contributed by atoms with Crippen molar-refractivity contribution in [3.63, 3.8) is 0 Å². The van der Waals surface area contributed by atoms with Crippen LogP contribution in [0.4, 0.5) is 0 Å². The van der Waals surface area contributed by atoms with E-state index in [1.165, 1.54) is 10.4 Å². The Morgan fingerprint density at radius 2 is 2.42 bits per heavy atom. The summed E-state index contributed by atoms with van der Waals surface area (Å²) in [6.45, 7) is 2.14. The van der Waals surface area contributed by atoms with Gasteiger partial charge in [0.25, 0.3) is 0 Å². The van der Waals surface area contributed by atoms with Gasteiger partial charge in [-0.05, 0) is 36.3 Å². The summed E-state index contributed by atoms with van der Waals surface area (Å²) in [4.78, 5) is 12.4. The van der Waals surface area contributed by atoms with Gasteiger partial charge in [0.05, 0.1) is 0 Å². The molecular formula is C10H12OS. The van der Waals surface area contributed by atoms with Crippen LogP contribution in [0.15, 0.2) is 11.4 Å². The highest BCUT2D eigenvalue weighted by Gasteiger charge is 2.24. The van der Waals surface area contributed by atoms with E-state index in [0.29, 0.717) is 11.7 Å². The first-order valence-corrected chi connectivity index (χ1v) is 5.21. The lowest BCUT2D eigenvalue weighted by Gasteiger charge is -2.06. The molecule has 1 nitrogen and oxygen atoms in total. The Balaban J connectivity index is 2.21. The monoisotopic (exact) mass is 180 g/mol. The minimum absolute atomic E-state index is 0.436. The normalized spacial score (nSPS) is 23.4. The fourth-order valence-corrected chi connectivity index (χ4v) is 2.69. The molecular weight excluding hydrogens is 168 g/mol. The molecule has 1 aromatic heterocycles. The molecule has 1 fully saturated rings. The molecule has 2 heteroatoms. The van der Waals surface area contributed by atoms with Crippen molar-refractivity contribution >= 4 is 17.1 Å². The zero-order valence-electron chi connectivity index (χ0n) is 7.17. The minimum atomic E-state index is 0.436. The zero-order chi connectivity index (χ0) is 8.55. The first-order valence-electron chi connectivity index (χ1n) is 4.33. The van der Waals surface area contributed by atoms with Crippen molar-refractivity contribution in [1.29, 1.82) is 0 Å². The van der Waals surface area contributed by atoms with Gasteiger partial charge in [0.1, 0.15) is 5.78 Å². The molecule has 0 radical (unpaired) electrons. The van der Waals surface area contributed by atoms with Crippen LogP contribution in [-0.2, 0) is 4.79 Å². The smallest absolute Gasteiger partial charge is 0.133 e. The number of Topliss-reactive ketones (excluding diaryl/α,β-unsaturated/α-hetero) is 1. The van der Waals surface area contributed by atoms with Crippen LogP contribution in [0.1, 0.15) is 35.6 Å². The van der Waals surface area contributed by atoms with E-state index in [1.807, 2.05) is 0 Å². The van der Waals surface area contributed by atoms with Crippen molar-refractivity contribution < 1.29 is 4.79 Å². The fraction of sp³-hybridized carbons (Fsp3) is 0.500. The third kappa shape index (κ3) is 1.31. The molecule has 0 bridgehead atoms. The summed E-state index contributed by atoms with van der Waals surface area (Å²) in [6, 6.07) is 2.17. The van der Waals surface area contributed by atoms with Gasteiger partial charge in [0.2, 0.25) is 0 Å². The topological polar surface area (TPSA) is 17.1 Å². The third-order valence-electron chi connectivity index (χ3n) is 2.58. The van der Waals surface area contributed by atoms with Crippen molar-refractivity contribution in [2.75, 3.05) is 0 Å². The number of thiophene rings is 1. The predicted molar refractivity (Wildman–Crippen MR) is 50.7 cm³/mol. The van der Waals surface area contributed by atoms with Crippen molar-refractivity contribution in [1.82, 2.24) is 0 Å². The summed E-state index contributed by atoms with van der Waals surface area (Å²) < 4.78 is 0. The lowest BCUT2D eigenvalue weighted by atomic mass is 9.99.